The van der Waals surface area contributed by atoms with Gasteiger partial charge in [-0.1, -0.05) is 30.3 Å². The molecule has 0 aliphatic heterocycles. The molecule has 0 saturated heterocycles. The van der Waals surface area contributed by atoms with Crippen molar-refractivity contribution in [3.63, 3.8) is 0 Å². The van der Waals surface area contributed by atoms with Crippen molar-refractivity contribution in [3.05, 3.63) is 60.0 Å². The Balaban J connectivity index is 0.000000465. The molecule has 0 fully saturated rings. The maximum Gasteiger partial charge on any atom is 0.213 e. The minimum absolute atomic E-state index is 0.334. The predicted octanol–water partition coefficient (Wildman–Crippen LogP) is -2.26. The summed E-state index contributed by atoms with van der Waals surface area (Å²) in [5.74, 6) is 1.67. The molecule has 8 heteroatoms. The molecule has 1 heterocycles. The van der Waals surface area contributed by atoms with Crippen LogP contribution < -0.4 is 33.7 Å². The largest absolute Gasteiger partial charge is 0.497 e. The summed E-state index contributed by atoms with van der Waals surface area (Å²) >= 11 is 0. The molecule has 0 saturated carbocycles. The van der Waals surface area contributed by atoms with E-state index in [1.165, 1.54) is 0 Å². The smallest absolute Gasteiger partial charge is 0.213 e. The maximum absolute atomic E-state index is 8.49. The van der Waals surface area contributed by atoms with Crippen LogP contribution in [0.2, 0.25) is 0 Å². The Bertz CT molecular complexity index is 942. The van der Waals surface area contributed by atoms with Crippen molar-refractivity contribution in [1.29, 1.82) is 0 Å². The van der Waals surface area contributed by atoms with E-state index in [1.807, 2.05) is 48.5 Å². The van der Waals surface area contributed by atoms with Crippen molar-refractivity contribution in [2.75, 3.05) is 7.11 Å². The number of hydrogen-bond donors (Lipinski definition) is 1. The molecule has 144 valence electrons. The Morgan fingerprint density at radius 3 is 2.15 bits per heavy atom. The molecule has 0 aliphatic carbocycles. The molecule has 0 unspecified atom stereocenters. The molecule has 0 amide bonds. The van der Waals surface area contributed by atoms with Crippen LogP contribution in [-0.2, 0) is 0 Å². The number of hydrogen-bond acceptors (Lipinski definition) is 6. The summed E-state index contributed by atoms with van der Waals surface area (Å²) in [4.78, 5) is 3.49. The molecule has 1 N–H and O–H groups in total. The lowest BCUT2D eigenvalue weighted by atomic mass is 10.1. The SMILES string of the molecule is COc1ccc2oc(-c3ccccc3)cc(=[NH+]C(C)C)c2c1.[O-][Cl+3]([O-])([O-])[O-]. The van der Waals surface area contributed by atoms with Crippen LogP contribution in [0.4, 0.5) is 0 Å². The van der Waals surface area contributed by atoms with Crippen LogP contribution in [0.3, 0.4) is 0 Å². The fourth-order valence-electron chi connectivity index (χ4n) is 2.47. The minimum Gasteiger partial charge on any atom is -0.497 e. The third kappa shape index (κ3) is 6.67. The van der Waals surface area contributed by atoms with Gasteiger partial charge in [-0.2, -0.15) is 0 Å². The normalized spacial score (nSPS) is 12.1. The fourth-order valence-corrected chi connectivity index (χ4v) is 2.47. The first-order chi connectivity index (χ1) is 12.7. The van der Waals surface area contributed by atoms with Gasteiger partial charge < -0.3 is 9.15 Å². The fraction of sp³-hybridized carbons (Fsp3) is 0.211. The van der Waals surface area contributed by atoms with Gasteiger partial charge in [0.25, 0.3) is 0 Å². The number of benzene rings is 2. The van der Waals surface area contributed by atoms with Crippen molar-refractivity contribution >= 4 is 11.0 Å². The molecule has 0 bridgehead atoms. The van der Waals surface area contributed by atoms with E-state index in [-0.39, 0.29) is 0 Å². The molecule has 27 heavy (non-hydrogen) atoms. The van der Waals surface area contributed by atoms with E-state index >= 15 is 0 Å². The molecule has 3 aromatic rings. The molecule has 1 aromatic heterocycles. The first kappa shape index (κ1) is 20.9. The number of fused-ring (bicyclic) bond motifs is 1. The molecular weight excluding hydrogens is 374 g/mol. The summed E-state index contributed by atoms with van der Waals surface area (Å²) in [6, 6.07) is 18.4. The average Bonchev–Trinajstić information content (AvgIpc) is 2.60. The van der Waals surface area contributed by atoms with Crippen molar-refractivity contribution in [3.8, 4) is 17.1 Å². The lowest BCUT2D eigenvalue weighted by molar-refractivity contribution is -2.00. The second-order valence-corrected chi connectivity index (χ2v) is 6.69. The molecule has 7 nitrogen and oxygen atoms in total. The first-order valence-electron chi connectivity index (χ1n) is 8.06. The number of nitrogens with one attached hydrogen (secondary N) is 1. The van der Waals surface area contributed by atoms with Gasteiger partial charge in [-0.15, -0.1) is 10.2 Å². The molecule has 0 aliphatic rings. The summed E-state index contributed by atoms with van der Waals surface area (Å²) in [6.45, 7) is 4.25. The van der Waals surface area contributed by atoms with Crippen LogP contribution in [0.1, 0.15) is 13.8 Å². The molecule has 0 atom stereocenters. The average molecular weight is 394 g/mol. The number of rotatable bonds is 3. The monoisotopic (exact) mass is 393 g/mol. The van der Waals surface area contributed by atoms with Gasteiger partial charge in [0.05, 0.1) is 18.6 Å². The Morgan fingerprint density at radius 2 is 1.59 bits per heavy atom. The van der Waals surface area contributed by atoms with Gasteiger partial charge in [0.15, 0.2) is 0 Å². The lowest BCUT2D eigenvalue weighted by Gasteiger charge is -2.17. The van der Waals surface area contributed by atoms with E-state index in [0.717, 1.165) is 33.4 Å². The van der Waals surface area contributed by atoms with Gasteiger partial charge in [-0.05, 0) is 32.0 Å². The number of halogens is 1. The number of ether oxygens (including phenoxy) is 1. The van der Waals surface area contributed by atoms with Gasteiger partial charge in [-0.25, -0.2) is 23.6 Å². The van der Waals surface area contributed by atoms with Gasteiger partial charge in [-0.3, -0.25) is 0 Å². The van der Waals surface area contributed by atoms with Crippen molar-refractivity contribution in [1.82, 2.24) is 0 Å². The molecule has 0 spiro atoms. The van der Waals surface area contributed by atoms with Crippen LogP contribution in [0.5, 0.6) is 5.75 Å². The molecule has 2 aromatic carbocycles. The first-order valence-corrected chi connectivity index (χ1v) is 9.29. The second-order valence-electron chi connectivity index (χ2n) is 5.93. The zero-order valence-electron chi connectivity index (χ0n) is 15.1. The van der Waals surface area contributed by atoms with E-state index < -0.39 is 10.2 Å². The van der Waals surface area contributed by atoms with Crippen LogP contribution in [-0.4, -0.2) is 13.2 Å². The van der Waals surface area contributed by atoms with Gasteiger partial charge in [0.1, 0.15) is 23.1 Å². The lowest BCUT2D eigenvalue weighted by Crippen LogP contribution is -2.81. The third-order valence-electron chi connectivity index (χ3n) is 3.47. The van der Waals surface area contributed by atoms with Gasteiger partial charge in [0, 0.05) is 5.56 Å². The van der Waals surface area contributed by atoms with E-state index in [9.17, 15) is 0 Å². The van der Waals surface area contributed by atoms with E-state index in [0.29, 0.717) is 6.04 Å². The van der Waals surface area contributed by atoms with E-state index in [1.54, 1.807) is 7.11 Å². The van der Waals surface area contributed by atoms with Crippen LogP contribution in [0.25, 0.3) is 22.3 Å². The van der Waals surface area contributed by atoms with Crippen LogP contribution in [0.15, 0.2) is 59.0 Å². The summed E-state index contributed by atoms with van der Waals surface area (Å²) in [7, 11) is -3.27. The van der Waals surface area contributed by atoms with Gasteiger partial charge >= 0.3 is 0 Å². The predicted molar refractivity (Wildman–Crippen MR) is 87.4 cm³/mol. The van der Waals surface area contributed by atoms with Gasteiger partial charge in [0.2, 0.25) is 5.36 Å². The summed E-state index contributed by atoms with van der Waals surface area (Å²) in [6.07, 6.45) is 0. The van der Waals surface area contributed by atoms with Crippen molar-refractivity contribution in [2.24, 2.45) is 0 Å². The Kier molecular flexibility index (Phi) is 6.95. The van der Waals surface area contributed by atoms with Crippen LogP contribution in [0, 0.1) is 10.2 Å². The third-order valence-corrected chi connectivity index (χ3v) is 3.47. The highest BCUT2D eigenvalue weighted by Gasteiger charge is 2.10. The Morgan fingerprint density at radius 1 is 0.963 bits per heavy atom. The summed E-state index contributed by atoms with van der Waals surface area (Å²) in [5.41, 5.74) is 1.90. The van der Waals surface area contributed by atoms with E-state index in [4.69, 9.17) is 27.8 Å². The quantitative estimate of drug-likeness (QED) is 0.535. The zero-order chi connectivity index (χ0) is 20.0. The summed E-state index contributed by atoms with van der Waals surface area (Å²) < 4.78 is 45.4. The highest BCUT2D eigenvalue weighted by molar-refractivity contribution is 5.79. The Hall–Kier alpha value is -2.42. The molecule has 3 rings (SSSR count). The Labute approximate surface area is 158 Å². The van der Waals surface area contributed by atoms with Crippen molar-refractivity contribution in [2.45, 2.75) is 19.9 Å². The topological polar surface area (TPSA) is 129 Å². The highest BCUT2D eigenvalue weighted by atomic mass is 35.7. The minimum atomic E-state index is -4.94. The highest BCUT2D eigenvalue weighted by Crippen LogP contribution is 2.23. The standard InChI is InChI=1S/C19H19NO2.ClHO4/c1-13(2)20-17-12-19(14-7-5-4-6-8-14)22-18-10-9-15(21-3)11-16(17)18;2-1(3,4)5/h4-13H,1-3H3;(H,2,3,4,5). The van der Waals surface area contributed by atoms with Crippen LogP contribution >= 0.6 is 0 Å². The maximum atomic E-state index is 8.49. The number of methoxy groups -OCH3 is 1. The molecular formula is C19H20ClNO6. The van der Waals surface area contributed by atoms with Crippen molar-refractivity contribution < 1.29 is 43.0 Å². The zero-order valence-corrected chi connectivity index (χ0v) is 15.9. The summed E-state index contributed by atoms with van der Waals surface area (Å²) in [5, 5.41) is 2.07. The second kappa shape index (κ2) is 8.98. The van der Waals surface area contributed by atoms with E-state index in [2.05, 4.69) is 24.9 Å². The molecule has 0 radical (unpaired) electrons.